The first-order chi connectivity index (χ1) is 9.83. The predicted octanol–water partition coefficient (Wildman–Crippen LogP) is 3.80. The highest BCUT2D eigenvalue weighted by Gasteiger charge is 2.19. The van der Waals surface area contributed by atoms with Crippen LogP contribution < -0.4 is 11.1 Å². The van der Waals surface area contributed by atoms with Crippen LogP contribution in [0.25, 0.3) is 0 Å². The van der Waals surface area contributed by atoms with Crippen molar-refractivity contribution in [2.24, 2.45) is 0 Å². The molecule has 0 saturated carbocycles. The molecule has 3 rings (SSSR count). The number of nitrogens with two attached hydrogens (primary N) is 1. The quantitative estimate of drug-likeness (QED) is 0.832. The lowest BCUT2D eigenvalue weighted by atomic mass is 9.87. The Kier molecular flexibility index (Phi) is 7.74. The summed E-state index contributed by atoms with van der Waals surface area (Å²) in [6, 6.07) is 17.6. The van der Waals surface area contributed by atoms with E-state index in [0.29, 0.717) is 6.04 Å². The second kappa shape index (κ2) is 9.04. The van der Waals surface area contributed by atoms with E-state index in [4.69, 9.17) is 5.73 Å². The Balaban J connectivity index is 0.00000121. The minimum absolute atomic E-state index is 0. The first-order valence-corrected chi connectivity index (χ1v) is 7.46. The van der Waals surface area contributed by atoms with E-state index in [2.05, 4.69) is 47.8 Å². The van der Waals surface area contributed by atoms with Gasteiger partial charge in [0.15, 0.2) is 0 Å². The van der Waals surface area contributed by atoms with Crippen molar-refractivity contribution in [3.8, 4) is 0 Å². The number of nitrogens with one attached hydrogen (secondary N) is 1. The Bertz CT molecular complexity index is 573. The Labute approximate surface area is 145 Å². The number of benzene rings is 2. The maximum absolute atomic E-state index is 6.04. The molecule has 0 aromatic heterocycles. The van der Waals surface area contributed by atoms with Crippen molar-refractivity contribution in [3.63, 3.8) is 0 Å². The van der Waals surface area contributed by atoms with Crippen LogP contribution in [-0.2, 0) is 19.3 Å². The summed E-state index contributed by atoms with van der Waals surface area (Å²) in [5.74, 6) is 0. The summed E-state index contributed by atoms with van der Waals surface area (Å²) < 4.78 is 0. The van der Waals surface area contributed by atoms with E-state index in [9.17, 15) is 0 Å². The maximum Gasteiger partial charge on any atom is 0.0349 e. The molecule has 1 unspecified atom stereocenters. The van der Waals surface area contributed by atoms with Crippen molar-refractivity contribution >= 4 is 30.5 Å². The lowest BCUT2D eigenvalue weighted by molar-refractivity contribution is 0.462. The van der Waals surface area contributed by atoms with Gasteiger partial charge in [-0.15, -0.1) is 24.8 Å². The van der Waals surface area contributed by atoms with Crippen molar-refractivity contribution in [3.05, 3.63) is 65.2 Å². The van der Waals surface area contributed by atoms with Gasteiger partial charge in [0, 0.05) is 11.7 Å². The largest absolute Gasteiger partial charge is 0.398 e. The molecule has 0 fully saturated rings. The summed E-state index contributed by atoms with van der Waals surface area (Å²) in [5.41, 5.74) is 11.2. The number of fused-ring (bicyclic) bond motifs is 1. The molecule has 0 radical (unpaired) electrons. The molecule has 2 aromatic carbocycles. The normalized spacial score (nSPS) is 16.1. The summed E-state index contributed by atoms with van der Waals surface area (Å²) >= 11 is 0. The van der Waals surface area contributed by atoms with Gasteiger partial charge in [0.2, 0.25) is 0 Å². The lowest BCUT2D eigenvalue weighted by Crippen LogP contribution is -2.36. The number of halogens is 2. The minimum Gasteiger partial charge on any atom is -0.398 e. The first kappa shape index (κ1) is 18.8. The molecule has 0 bridgehead atoms. The number of anilines is 1. The van der Waals surface area contributed by atoms with Gasteiger partial charge in [-0.1, -0.05) is 42.5 Å². The number of nitrogen functional groups attached to an aromatic ring is 1. The maximum atomic E-state index is 6.04. The Morgan fingerprint density at radius 2 is 1.77 bits per heavy atom. The molecular weight excluding hydrogens is 315 g/mol. The molecule has 0 amide bonds. The van der Waals surface area contributed by atoms with Crippen LogP contribution in [0, 0.1) is 0 Å². The third-order valence-corrected chi connectivity index (χ3v) is 4.21. The fourth-order valence-corrected chi connectivity index (χ4v) is 3.08. The van der Waals surface area contributed by atoms with E-state index in [1.807, 2.05) is 6.07 Å². The van der Waals surface area contributed by atoms with Crippen LogP contribution in [0.1, 0.15) is 23.1 Å². The standard InChI is InChI=1S/C18H22N2.2ClH/c19-18-8-4-7-15-13-16(9-10-17(15)18)20-12-11-14-5-2-1-3-6-14;;/h1-8,16,20H,9-13,19H2;2*1H. The van der Waals surface area contributed by atoms with Gasteiger partial charge in [-0.05, 0) is 55.0 Å². The average Bonchev–Trinajstić information content (AvgIpc) is 2.48. The van der Waals surface area contributed by atoms with Gasteiger partial charge in [-0.25, -0.2) is 0 Å². The van der Waals surface area contributed by atoms with E-state index in [1.165, 1.54) is 23.1 Å². The zero-order valence-corrected chi connectivity index (χ0v) is 14.3. The van der Waals surface area contributed by atoms with E-state index in [-0.39, 0.29) is 24.8 Å². The highest BCUT2D eigenvalue weighted by molar-refractivity contribution is 5.85. The molecule has 3 N–H and O–H groups in total. The summed E-state index contributed by atoms with van der Waals surface area (Å²) in [6.07, 6.45) is 4.50. The smallest absolute Gasteiger partial charge is 0.0349 e. The molecule has 1 aliphatic rings. The predicted molar refractivity (Wildman–Crippen MR) is 99.3 cm³/mol. The van der Waals surface area contributed by atoms with Gasteiger partial charge in [0.05, 0.1) is 0 Å². The molecule has 4 heteroatoms. The van der Waals surface area contributed by atoms with Crippen LogP contribution in [0.3, 0.4) is 0 Å². The molecule has 0 aliphatic heterocycles. The summed E-state index contributed by atoms with van der Waals surface area (Å²) in [6.45, 7) is 1.05. The van der Waals surface area contributed by atoms with Crippen LogP contribution in [-0.4, -0.2) is 12.6 Å². The average molecular weight is 339 g/mol. The second-order valence-corrected chi connectivity index (χ2v) is 5.61. The highest BCUT2D eigenvalue weighted by Crippen LogP contribution is 2.26. The van der Waals surface area contributed by atoms with Crippen molar-refractivity contribution in [2.45, 2.75) is 31.7 Å². The van der Waals surface area contributed by atoms with Gasteiger partial charge in [-0.3, -0.25) is 0 Å². The molecule has 0 spiro atoms. The topological polar surface area (TPSA) is 38.0 Å². The zero-order valence-electron chi connectivity index (χ0n) is 12.6. The van der Waals surface area contributed by atoms with Crippen LogP contribution in [0.2, 0.25) is 0 Å². The van der Waals surface area contributed by atoms with Crippen LogP contribution >= 0.6 is 24.8 Å². The fourth-order valence-electron chi connectivity index (χ4n) is 3.08. The molecule has 2 aromatic rings. The molecular formula is C18H24Cl2N2. The monoisotopic (exact) mass is 338 g/mol. The molecule has 120 valence electrons. The fraction of sp³-hybridized carbons (Fsp3) is 0.333. The SMILES string of the molecule is Cl.Cl.Nc1cccc2c1CCC(NCCc1ccccc1)C2. The lowest BCUT2D eigenvalue weighted by Gasteiger charge is -2.26. The molecule has 2 nitrogen and oxygen atoms in total. The van der Waals surface area contributed by atoms with Gasteiger partial charge in [0.1, 0.15) is 0 Å². The Hall–Kier alpha value is -1.22. The van der Waals surface area contributed by atoms with Crippen LogP contribution in [0.15, 0.2) is 48.5 Å². The third kappa shape index (κ3) is 4.64. The highest BCUT2D eigenvalue weighted by atomic mass is 35.5. The van der Waals surface area contributed by atoms with Crippen molar-refractivity contribution in [2.75, 3.05) is 12.3 Å². The first-order valence-electron chi connectivity index (χ1n) is 7.46. The molecule has 1 aliphatic carbocycles. The minimum atomic E-state index is 0. The van der Waals surface area contributed by atoms with Crippen LogP contribution in [0.5, 0.6) is 0 Å². The summed E-state index contributed by atoms with van der Waals surface area (Å²) in [5, 5.41) is 3.69. The third-order valence-electron chi connectivity index (χ3n) is 4.21. The zero-order chi connectivity index (χ0) is 13.8. The van der Waals surface area contributed by atoms with Crippen molar-refractivity contribution in [1.29, 1.82) is 0 Å². The van der Waals surface area contributed by atoms with Gasteiger partial charge in [0.25, 0.3) is 0 Å². The van der Waals surface area contributed by atoms with Gasteiger partial charge in [-0.2, -0.15) is 0 Å². The van der Waals surface area contributed by atoms with E-state index < -0.39 is 0 Å². The number of rotatable bonds is 4. The summed E-state index contributed by atoms with van der Waals surface area (Å²) in [4.78, 5) is 0. The molecule has 1 atom stereocenters. The van der Waals surface area contributed by atoms with E-state index in [0.717, 1.165) is 31.5 Å². The summed E-state index contributed by atoms with van der Waals surface area (Å²) in [7, 11) is 0. The molecule has 0 saturated heterocycles. The second-order valence-electron chi connectivity index (χ2n) is 5.61. The van der Waals surface area contributed by atoms with E-state index in [1.54, 1.807) is 0 Å². The molecule has 22 heavy (non-hydrogen) atoms. The Morgan fingerprint density at radius 3 is 2.55 bits per heavy atom. The molecule has 0 heterocycles. The van der Waals surface area contributed by atoms with Crippen molar-refractivity contribution < 1.29 is 0 Å². The Morgan fingerprint density at radius 1 is 1.00 bits per heavy atom. The van der Waals surface area contributed by atoms with Crippen molar-refractivity contribution in [1.82, 2.24) is 5.32 Å². The van der Waals surface area contributed by atoms with Gasteiger partial charge >= 0.3 is 0 Å². The number of hydrogen-bond donors (Lipinski definition) is 2. The van der Waals surface area contributed by atoms with Gasteiger partial charge < -0.3 is 11.1 Å². The van der Waals surface area contributed by atoms with E-state index >= 15 is 0 Å². The number of hydrogen-bond acceptors (Lipinski definition) is 2. The van der Waals surface area contributed by atoms with Crippen LogP contribution in [0.4, 0.5) is 5.69 Å².